The summed E-state index contributed by atoms with van der Waals surface area (Å²) in [6.45, 7) is 4.76. The third-order valence-electron chi connectivity index (χ3n) is 4.26. The Morgan fingerprint density at radius 2 is 2.19 bits per heavy atom. The summed E-state index contributed by atoms with van der Waals surface area (Å²) in [6.07, 6.45) is 5.41. The highest BCUT2D eigenvalue weighted by atomic mass is 16.5. The van der Waals surface area contributed by atoms with Crippen molar-refractivity contribution in [2.45, 2.75) is 20.4 Å². The van der Waals surface area contributed by atoms with Crippen molar-refractivity contribution in [3.8, 4) is 11.3 Å². The van der Waals surface area contributed by atoms with Crippen molar-refractivity contribution in [2.75, 3.05) is 6.54 Å². The van der Waals surface area contributed by atoms with E-state index in [0.717, 1.165) is 11.3 Å². The number of aryl methyl sites for hydroxylation is 3. The largest absolute Gasteiger partial charge is 0.350 e. The van der Waals surface area contributed by atoms with Crippen LogP contribution in [-0.4, -0.2) is 42.2 Å². The lowest BCUT2D eigenvalue weighted by molar-refractivity contribution is 0.0953. The first-order valence-corrected chi connectivity index (χ1v) is 8.55. The molecule has 0 radical (unpaired) electrons. The SMILES string of the molecule is Cc1ccn(CCNC(=O)c2cc(-c3cnn(C)c3)nc3onc(C)c23)n1. The van der Waals surface area contributed by atoms with Gasteiger partial charge in [-0.05, 0) is 26.0 Å². The quantitative estimate of drug-likeness (QED) is 0.579. The minimum Gasteiger partial charge on any atom is -0.350 e. The smallest absolute Gasteiger partial charge is 0.259 e. The minimum absolute atomic E-state index is 0.206. The van der Waals surface area contributed by atoms with E-state index >= 15 is 0 Å². The predicted octanol–water partition coefficient (Wildman–Crippen LogP) is 1.87. The number of aromatic nitrogens is 6. The number of fused-ring (bicyclic) bond motifs is 1. The van der Waals surface area contributed by atoms with Crippen LogP contribution in [0, 0.1) is 13.8 Å². The number of amides is 1. The van der Waals surface area contributed by atoms with Crippen LogP contribution < -0.4 is 5.32 Å². The first-order chi connectivity index (χ1) is 13.0. The van der Waals surface area contributed by atoms with Gasteiger partial charge in [-0.15, -0.1) is 0 Å². The summed E-state index contributed by atoms with van der Waals surface area (Å²) >= 11 is 0. The molecular formula is C18H19N7O2. The van der Waals surface area contributed by atoms with Crippen LogP contribution in [0.5, 0.6) is 0 Å². The molecule has 0 saturated carbocycles. The second-order valence-corrected chi connectivity index (χ2v) is 6.38. The summed E-state index contributed by atoms with van der Waals surface area (Å²) in [5, 5.41) is 16.0. The molecule has 0 fully saturated rings. The summed E-state index contributed by atoms with van der Waals surface area (Å²) in [6, 6.07) is 3.67. The molecule has 0 spiro atoms. The van der Waals surface area contributed by atoms with E-state index in [1.807, 2.05) is 32.4 Å². The Bertz CT molecular complexity index is 1120. The summed E-state index contributed by atoms with van der Waals surface area (Å²) in [5.74, 6) is -0.206. The van der Waals surface area contributed by atoms with E-state index in [0.29, 0.717) is 41.1 Å². The van der Waals surface area contributed by atoms with E-state index in [1.165, 1.54) is 0 Å². The van der Waals surface area contributed by atoms with E-state index in [9.17, 15) is 4.79 Å². The summed E-state index contributed by atoms with van der Waals surface area (Å²) in [4.78, 5) is 17.3. The van der Waals surface area contributed by atoms with Crippen molar-refractivity contribution in [1.29, 1.82) is 0 Å². The maximum absolute atomic E-state index is 12.8. The lowest BCUT2D eigenvalue weighted by atomic mass is 10.1. The Morgan fingerprint density at radius 3 is 2.89 bits per heavy atom. The number of carbonyl (C=O) groups excluding carboxylic acids is 1. The molecule has 1 amide bonds. The molecule has 4 rings (SSSR count). The third kappa shape index (κ3) is 3.31. The number of pyridine rings is 1. The number of hydrogen-bond donors (Lipinski definition) is 1. The van der Waals surface area contributed by atoms with Gasteiger partial charge in [0, 0.05) is 31.5 Å². The molecule has 0 aliphatic rings. The molecular weight excluding hydrogens is 346 g/mol. The van der Waals surface area contributed by atoms with Crippen molar-refractivity contribution in [3.63, 3.8) is 0 Å². The second kappa shape index (κ2) is 6.67. The highest BCUT2D eigenvalue weighted by Crippen LogP contribution is 2.26. The molecule has 138 valence electrons. The number of nitrogens with zero attached hydrogens (tertiary/aromatic N) is 6. The summed E-state index contributed by atoms with van der Waals surface area (Å²) in [5.41, 5.74) is 3.80. The first-order valence-electron chi connectivity index (χ1n) is 8.55. The zero-order valence-electron chi connectivity index (χ0n) is 15.3. The lowest BCUT2D eigenvalue weighted by Crippen LogP contribution is -2.27. The molecule has 1 N–H and O–H groups in total. The highest BCUT2D eigenvalue weighted by molar-refractivity contribution is 6.06. The van der Waals surface area contributed by atoms with Crippen molar-refractivity contribution >= 4 is 17.0 Å². The molecule has 27 heavy (non-hydrogen) atoms. The maximum atomic E-state index is 12.8. The predicted molar refractivity (Wildman–Crippen MR) is 98.0 cm³/mol. The third-order valence-corrected chi connectivity index (χ3v) is 4.26. The van der Waals surface area contributed by atoms with Crippen LogP contribution in [-0.2, 0) is 13.6 Å². The Hall–Kier alpha value is -3.49. The minimum atomic E-state index is -0.206. The van der Waals surface area contributed by atoms with Gasteiger partial charge in [0.05, 0.1) is 40.8 Å². The van der Waals surface area contributed by atoms with Crippen LogP contribution in [0.1, 0.15) is 21.7 Å². The van der Waals surface area contributed by atoms with Crippen LogP contribution in [0.4, 0.5) is 0 Å². The fraction of sp³-hybridized carbons (Fsp3) is 0.278. The van der Waals surface area contributed by atoms with Crippen molar-refractivity contribution in [2.24, 2.45) is 7.05 Å². The number of carbonyl (C=O) groups is 1. The van der Waals surface area contributed by atoms with E-state index in [4.69, 9.17) is 4.52 Å². The molecule has 0 bridgehead atoms. The van der Waals surface area contributed by atoms with Crippen LogP contribution in [0.3, 0.4) is 0 Å². The Labute approximate surface area is 155 Å². The molecule has 4 heterocycles. The Kier molecular flexibility index (Phi) is 4.19. The molecule has 9 nitrogen and oxygen atoms in total. The van der Waals surface area contributed by atoms with Crippen molar-refractivity contribution in [1.82, 2.24) is 35.0 Å². The monoisotopic (exact) mass is 365 g/mol. The standard InChI is InChI=1S/C18H19N7O2/c1-11-4-6-25(22-11)7-5-19-17(26)14-8-15(13-9-20-24(3)10-13)21-18-16(14)12(2)23-27-18/h4,6,8-10H,5,7H2,1-3H3,(H,19,26). The normalized spacial score (nSPS) is 11.2. The van der Waals surface area contributed by atoms with Gasteiger partial charge < -0.3 is 9.84 Å². The molecule has 0 saturated heterocycles. The van der Waals surface area contributed by atoms with E-state index in [2.05, 4.69) is 25.7 Å². The highest BCUT2D eigenvalue weighted by Gasteiger charge is 2.19. The number of hydrogen-bond acceptors (Lipinski definition) is 6. The van der Waals surface area contributed by atoms with Crippen LogP contribution in [0.2, 0.25) is 0 Å². The zero-order chi connectivity index (χ0) is 19.0. The van der Waals surface area contributed by atoms with Gasteiger partial charge in [-0.25, -0.2) is 4.98 Å². The lowest BCUT2D eigenvalue weighted by Gasteiger charge is -2.08. The van der Waals surface area contributed by atoms with Crippen molar-refractivity contribution < 1.29 is 9.32 Å². The molecule has 0 aliphatic carbocycles. The Balaban J connectivity index is 1.62. The second-order valence-electron chi connectivity index (χ2n) is 6.38. The van der Waals surface area contributed by atoms with Crippen LogP contribution in [0.25, 0.3) is 22.4 Å². The van der Waals surface area contributed by atoms with Gasteiger partial charge in [0.1, 0.15) is 0 Å². The summed E-state index contributed by atoms with van der Waals surface area (Å²) < 4.78 is 8.78. The molecule has 0 aromatic carbocycles. The van der Waals surface area contributed by atoms with Crippen LogP contribution >= 0.6 is 0 Å². The van der Waals surface area contributed by atoms with Crippen molar-refractivity contribution in [3.05, 3.63) is 47.7 Å². The molecule has 9 heteroatoms. The number of nitrogens with one attached hydrogen (secondary N) is 1. The topological polar surface area (TPSA) is 104 Å². The first kappa shape index (κ1) is 17.0. The van der Waals surface area contributed by atoms with Gasteiger partial charge in [-0.2, -0.15) is 10.2 Å². The fourth-order valence-electron chi connectivity index (χ4n) is 2.94. The van der Waals surface area contributed by atoms with Gasteiger partial charge in [-0.1, -0.05) is 5.16 Å². The van der Waals surface area contributed by atoms with Gasteiger partial charge >= 0.3 is 0 Å². The summed E-state index contributed by atoms with van der Waals surface area (Å²) in [7, 11) is 1.82. The molecule has 0 atom stereocenters. The molecule has 4 aromatic heterocycles. The fourth-order valence-corrected chi connectivity index (χ4v) is 2.94. The van der Waals surface area contributed by atoms with E-state index in [-0.39, 0.29) is 5.91 Å². The average Bonchev–Trinajstić information content (AvgIpc) is 3.35. The molecule has 0 unspecified atom stereocenters. The van der Waals surface area contributed by atoms with Gasteiger partial charge in [0.15, 0.2) is 0 Å². The maximum Gasteiger partial charge on any atom is 0.259 e. The van der Waals surface area contributed by atoms with Gasteiger partial charge in [0.25, 0.3) is 11.6 Å². The van der Waals surface area contributed by atoms with Gasteiger partial charge in [0.2, 0.25) is 0 Å². The van der Waals surface area contributed by atoms with Crippen LogP contribution in [0.15, 0.2) is 35.2 Å². The Morgan fingerprint density at radius 1 is 1.33 bits per heavy atom. The zero-order valence-corrected chi connectivity index (χ0v) is 15.3. The van der Waals surface area contributed by atoms with E-state index < -0.39 is 0 Å². The molecule has 0 aliphatic heterocycles. The molecule has 4 aromatic rings. The average molecular weight is 365 g/mol. The van der Waals surface area contributed by atoms with E-state index in [1.54, 1.807) is 28.6 Å². The number of rotatable bonds is 5. The van der Waals surface area contributed by atoms with Gasteiger partial charge in [-0.3, -0.25) is 14.2 Å².